The van der Waals surface area contributed by atoms with Crippen molar-refractivity contribution in [2.45, 2.75) is 51.7 Å². The van der Waals surface area contributed by atoms with Crippen LogP contribution in [-0.4, -0.2) is 32.3 Å². The van der Waals surface area contributed by atoms with Crippen molar-refractivity contribution in [3.63, 3.8) is 0 Å². The van der Waals surface area contributed by atoms with Gasteiger partial charge in [-0.15, -0.1) is 0 Å². The van der Waals surface area contributed by atoms with Gasteiger partial charge >= 0.3 is 0 Å². The fraction of sp³-hybridized carbons (Fsp3) is 0.533. The molecule has 1 aliphatic rings. The average molecular weight is 288 g/mol. The minimum absolute atomic E-state index is 0.181. The zero-order valence-electron chi connectivity index (χ0n) is 12.5. The number of rotatable bonds is 2. The van der Waals surface area contributed by atoms with Crippen molar-refractivity contribution in [2.24, 2.45) is 0 Å². The van der Waals surface area contributed by atoms with Crippen molar-refractivity contribution in [2.75, 3.05) is 5.73 Å². The second-order valence-corrected chi connectivity index (χ2v) is 5.87. The highest BCUT2D eigenvalue weighted by atomic mass is 16.5. The summed E-state index contributed by atoms with van der Waals surface area (Å²) in [7, 11) is 0. The minimum atomic E-state index is -0.566. The number of anilines is 1. The van der Waals surface area contributed by atoms with E-state index < -0.39 is 6.10 Å². The fourth-order valence-corrected chi connectivity index (χ4v) is 2.58. The molecule has 1 aliphatic heterocycles. The van der Waals surface area contributed by atoms with Gasteiger partial charge in [0.25, 0.3) is 0 Å². The van der Waals surface area contributed by atoms with E-state index in [0.29, 0.717) is 30.4 Å². The van der Waals surface area contributed by atoms with Gasteiger partial charge in [-0.3, -0.25) is 0 Å². The van der Waals surface area contributed by atoms with E-state index in [0.717, 1.165) is 16.6 Å². The van der Waals surface area contributed by atoms with E-state index in [1.54, 1.807) is 13.0 Å². The molecule has 0 aliphatic carbocycles. The monoisotopic (exact) mass is 288 g/mol. The third-order valence-electron chi connectivity index (χ3n) is 3.74. The van der Waals surface area contributed by atoms with Gasteiger partial charge in [0, 0.05) is 12.0 Å². The van der Waals surface area contributed by atoms with Crippen molar-refractivity contribution in [1.29, 1.82) is 0 Å². The highest BCUT2D eigenvalue weighted by molar-refractivity contribution is 5.87. The first kappa shape index (κ1) is 14.0. The first-order valence-corrected chi connectivity index (χ1v) is 7.27. The lowest BCUT2D eigenvalue weighted by Gasteiger charge is -2.19. The lowest BCUT2D eigenvalue weighted by atomic mass is 10.1. The summed E-state index contributed by atoms with van der Waals surface area (Å²) < 4.78 is 5.94. The molecule has 0 saturated heterocycles. The Morgan fingerprint density at radius 3 is 2.71 bits per heavy atom. The molecule has 6 heteroatoms. The van der Waals surface area contributed by atoms with Crippen LogP contribution in [0.1, 0.15) is 44.6 Å². The number of hydrogen-bond donors (Lipinski definition) is 2. The molecule has 2 aromatic rings. The number of nitrogens with zero attached hydrogens (tertiary/aromatic N) is 3. The Labute approximate surface area is 123 Å². The quantitative estimate of drug-likeness (QED) is 0.875. The van der Waals surface area contributed by atoms with Crippen molar-refractivity contribution >= 4 is 16.7 Å². The van der Waals surface area contributed by atoms with E-state index >= 15 is 0 Å². The van der Waals surface area contributed by atoms with Crippen molar-refractivity contribution in [3.8, 4) is 5.88 Å². The smallest absolute Gasteiger partial charge is 0.226 e. The Kier molecular flexibility index (Phi) is 3.41. The molecule has 0 spiro atoms. The largest absolute Gasteiger partial charge is 0.471 e. The van der Waals surface area contributed by atoms with Crippen molar-refractivity contribution in [1.82, 2.24) is 15.0 Å². The molecule has 112 valence electrons. The number of nitrogen functional groups attached to an aromatic ring is 1. The van der Waals surface area contributed by atoms with E-state index in [2.05, 4.69) is 15.0 Å². The van der Waals surface area contributed by atoms with Gasteiger partial charge in [-0.2, -0.15) is 4.98 Å². The van der Waals surface area contributed by atoms with Gasteiger partial charge in [0.2, 0.25) is 5.88 Å². The molecule has 6 nitrogen and oxygen atoms in total. The number of pyridine rings is 1. The summed E-state index contributed by atoms with van der Waals surface area (Å²) in [4.78, 5) is 13.5. The van der Waals surface area contributed by atoms with Crippen LogP contribution in [0.4, 0.5) is 5.82 Å². The molecule has 0 aromatic carbocycles. The molecule has 1 unspecified atom stereocenters. The van der Waals surface area contributed by atoms with Crippen LogP contribution in [0.15, 0.2) is 6.07 Å². The van der Waals surface area contributed by atoms with E-state index in [1.165, 1.54) is 0 Å². The molecule has 0 bridgehead atoms. The lowest BCUT2D eigenvalue weighted by molar-refractivity contribution is 0.0431. The van der Waals surface area contributed by atoms with Crippen LogP contribution in [0, 0.1) is 0 Å². The van der Waals surface area contributed by atoms with E-state index in [-0.39, 0.29) is 12.0 Å². The standard InChI is InChI=1S/C15H20N4O2/c1-7(2)14-18-10-6-12(16)17-9-4-5-11(8(3)20)21-15(19-14)13(9)10/h6-8,11,20H,4-5H2,1-3H3,(H2,16,17)/t8?,11-/m1/s1. The van der Waals surface area contributed by atoms with Gasteiger partial charge in [0.1, 0.15) is 17.7 Å². The zero-order chi connectivity index (χ0) is 15.1. The molecular formula is C15H20N4O2. The second kappa shape index (κ2) is 5.11. The predicted molar refractivity (Wildman–Crippen MR) is 80.3 cm³/mol. The normalized spacial score (nSPS) is 19.4. The molecule has 2 atom stereocenters. The predicted octanol–water partition coefficient (Wildman–Crippen LogP) is 1.80. The highest BCUT2D eigenvalue weighted by Gasteiger charge is 2.26. The summed E-state index contributed by atoms with van der Waals surface area (Å²) >= 11 is 0. The van der Waals surface area contributed by atoms with Gasteiger partial charge in [-0.05, 0) is 19.8 Å². The number of ether oxygens (including phenoxy) is 1. The molecule has 3 heterocycles. The summed E-state index contributed by atoms with van der Waals surface area (Å²) in [6.07, 6.45) is 0.508. The van der Waals surface area contributed by atoms with E-state index in [4.69, 9.17) is 10.5 Å². The highest BCUT2D eigenvalue weighted by Crippen LogP contribution is 2.33. The maximum Gasteiger partial charge on any atom is 0.226 e. The Bertz CT molecular complexity index is 685. The molecule has 0 radical (unpaired) electrons. The lowest BCUT2D eigenvalue weighted by Crippen LogP contribution is -2.29. The SMILES string of the molecule is CC(C)c1nc2c3c(nc(N)cc3n1)CC[C@H](C(C)O)O2. The molecule has 0 saturated carbocycles. The van der Waals surface area contributed by atoms with Crippen LogP contribution in [0.25, 0.3) is 10.9 Å². The van der Waals surface area contributed by atoms with Gasteiger partial charge < -0.3 is 15.6 Å². The van der Waals surface area contributed by atoms with E-state index in [9.17, 15) is 5.11 Å². The third-order valence-corrected chi connectivity index (χ3v) is 3.74. The van der Waals surface area contributed by atoms with Crippen LogP contribution in [-0.2, 0) is 6.42 Å². The van der Waals surface area contributed by atoms with Gasteiger partial charge in [-0.1, -0.05) is 13.8 Å². The van der Waals surface area contributed by atoms with Crippen LogP contribution in [0.5, 0.6) is 5.88 Å². The number of nitrogens with two attached hydrogens (primary N) is 1. The second-order valence-electron chi connectivity index (χ2n) is 5.87. The number of aromatic nitrogens is 3. The van der Waals surface area contributed by atoms with Gasteiger partial charge in [-0.25, -0.2) is 9.97 Å². The summed E-state index contributed by atoms with van der Waals surface area (Å²) in [5.74, 6) is 1.85. The van der Waals surface area contributed by atoms with Crippen LogP contribution in [0.2, 0.25) is 0 Å². The molecule has 21 heavy (non-hydrogen) atoms. The molecule has 2 aromatic heterocycles. The maximum absolute atomic E-state index is 9.86. The van der Waals surface area contributed by atoms with Gasteiger partial charge in [0.05, 0.1) is 22.7 Å². The van der Waals surface area contributed by atoms with Gasteiger partial charge in [0.15, 0.2) is 0 Å². The van der Waals surface area contributed by atoms with Crippen LogP contribution < -0.4 is 10.5 Å². The Balaban J connectivity index is 2.24. The average Bonchev–Trinajstić information content (AvgIpc) is 2.59. The van der Waals surface area contributed by atoms with E-state index in [1.807, 2.05) is 13.8 Å². The number of aliphatic hydroxyl groups excluding tert-OH is 1. The number of hydrogen-bond acceptors (Lipinski definition) is 6. The summed E-state index contributed by atoms with van der Waals surface area (Å²) in [5.41, 5.74) is 7.49. The maximum atomic E-state index is 9.86. The molecule has 3 N–H and O–H groups in total. The topological polar surface area (TPSA) is 94.2 Å². The summed E-state index contributed by atoms with van der Waals surface area (Å²) in [6.45, 7) is 5.79. The molecule has 3 rings (SSSR count). The first-order valence-electron chi connectivity index (χ1n) is 7.27. The third kappa shape index (κ3) is 2.51. The molecule has 0 fully saturated rings. The number of aliphatic hydroxyl groups is 1. The zero-order valence-corrected chi connectivity index (χ0v) is 12.5. The van der Waals surface area contributed by atoms with Crippen LogP contribution in [0.3, 0.4) is 0 Å². The van der Waals surface area contributed by atoms with Crippen molar-refractivity contribution in [3.05, 3.63) is 17.6 Å². The molecule has 0 amide bonds. The van der Waals surface area contributed by atoms with Crippen LogP contribution >= 0.6 is 0 Å². The minimum Gasteiger partial charge on any atom is -0.471 e. The Morgan fingerprint density at radius 1 is 1.29 bits per heavy atom. The summed E-state index contributed by atoms with van der Waals surface area (Å²) in [6, 6.07) is 1.75. The Hall–Kier alpha value is -1.95. The summed E-state index contributed by atoms with van der Waals surface area (Å²) in [5, 5.41) is 10.7. The van der Waals surface area contributed by atoms with Crippen molar-refractivity contribution < 1.29 is 9.84 Å². The first-order chi connectivity index (χ1) is 9.95. The molecular weight excluding hydrogens is 268 g/mol. The number of aryl methyl sites for hydroxylation is 1. The fourth-order valence-electron chi connectivity index (χ4n) is 2.58. The Morgan fingerprint density at radius 2 is 2.05 bits per heavy atom.